The van der Waals surface area contributed by atoms with Gasteiger partial charge in [-0.05, 0) is 72.8 Å². The Morgan fingerprint density at radius 1 is 0.317 bits per heavy atom. The molecule has 0 saturated heterocycles. The number of hydrogen-bond acceptors (Lipinski definition) is 0. The molecule has 0 aliphatic carbocycles. The first-order valence-electron chi connectivity index (χ1n) is 13.5. The standard InChI is InChI=1S/C37H30N3.HI/c1-7-19-31(20-8-1)38(32-21-9-2-10-22-32)37(39(33-23-11-3-12-24-33)34-25-13-4-14-26-34)40(35-27-15-5-16-28-35)36-29-17-6-18-30-36;/h1-30H;1H/q+1;/p-1. The van der Waals surface area contributed by atoms with Crippen molar-refractivity contribution in [1.29, 1.82) is 0 Å². The summed E-state index contributed by atoms with van der Waals surface area (Å²) in [5.41, 5.74) is 6.32. The SMILES string of the molecule is [I-].c1ccc(N(C(N(c2ccccc2)c2ccccc2)=[N+](c2ccccc2)c2ccccc2)c2ccccc2)cc1. The summed E-state index contributed by atoms with van der Waals surface area (Å²) in [6.07, 6.45) is 0. The Balaban J connectivity index is 0.00000337. The summed E-state index contributed by atoms with van der Waals surface area (Å²) in [6, 6.07) is 63.4. The van der Waals surface area contributed by atoms with Crippen molar-refractivity contribution in [2.45, 2.75) is 0 Å². The normalized spacial score (nSPS) is 10.2. The number of halogens is 1. The summed E-state index contributed by atoms with van der Waals surface area (Å²) < 4.78 is 2.33. The molecule has 6 aromatic carbocycles. The summed E-state index contributed by atoms with van der Waals surface area (Å²) in [6.45, 7) is 0. The van der Waals surface area contributed by atoms with Crippen LogP contribution in [0.1, 0.15) is 0 Å². The molecular weight excluding hydrogens is 613 g/mol. The third kappa shape index (κ3) is 6.23. The summed E-state index contributed by atoms with van der Waals surface area (Å²) >= 11 is 0. The molecule has 41 heavy (non-hydrogen) atoms. The predicted octanol–water partition coefficient (Wildman–Crippen LogP) is 6.56. The zero-order valence-corrected chi connectivity index (χ0v) is 24.7. The predicted molar refractivity (Wildman–Crippen MR) is 169 cm³/mol. The van der Waals surface area contributed by atoms with Crippen LogP contribution in [-0.4, -0.2) is 5.96 Å². The van der Waals surface area contributed by atoms with Crippen LogP contribution in [0.4, 0.5) is 34.1 Å². The average Bonchev–Trinajstić information content (AvgIpc) is 3.04. The Morgan fingerprint density at radius 2 is 0.537 bits per heavy atom. The highest BCUT2D eigenvalue weighted by Crippen LogP contribution is 2.35. The molecular formula is C37H30IN3. The van der Waals surface area contributed by atoms with Crippen LogP contribution in [0.25, 0.3) is 0 Å². The molecule has 0 radical (unpaired) electrons. The van der Waals surface area contributed by atoms with Crippen LogP contribution >= 0.6 is 0 Å². The highest BCUT2D eigenvalue weighted by atomic mass is 127. The Bertz CT molecular complexity index is 1450. The second-order valence-corrected chi connectivity index (χ2v) is 9.32. The van der Waals surface area contributed by atoms with Gasteiger partial charge in [-0.15, -0.1) is 0 Å². The maximum atomic E-state index is 2.33. The number of nitrogens with zero attached hydrogens (tertiary/aromatic N) is 3. The van der Waals surface area contributed by atoms with Gasteiger partial charge in [0.1, 0.15) is 34.1 Å². The van der Waals surface area contributed by atoms with Gasteiger partial charge in [0.25, 0.3) is 0 Å². The third-order valence-electron chi connectivity index (χ3n) is 6.69. The smallest absolute Gasteiger partial charge is 0.380 e. The van der Waals surface area contributed by atoms with Crippen molar-refractivity contribution in [1.82, 2.24) is 4.58 Å². The lowest BCUT2D eigenvalue weighted by molar-refractivity contribution is -0.00000773. The lowest BCUT2D eigenvalue weighted by Crippen LogP contribution is -3.00. The van der Waals surface area contributed by atoms with Gasteiger partial charge in [0.2, 0.25) is 0 Å². The van der Waals surface area contributed by atoms with E-state index in [0.717, 1.165) is 40.1 Å². The first-order chi connectivity index (χ1) is 19.9. The fourth-order valence-electron chi connectivity index (χ4n) is 4.90. The van der Waals surface area contributed by atoms with Gasteiger partial charge in [-0.1, -0.05) is 109 Å². The van der Waals surface area contributed by atoms with Crippen LogP contribution < -0.4 is 38.4 Å². The minimum absolute atomic E-state index is 0. The quantitative estimate of drug-likeness (QED) is 0.0881. The number of para-hydroxylation sites is 6. The molecule has 4 heteroatoms. The molecule has 0 aliphatic heterocycles. The number of guanidine groups is 1. The van der Waals surface area contributed by atoms with Crippen molar-refractivity contribution in [3.63, 3.8) is 0 Å². The second-order valence-electron chi connectivity index (χ2n) is 9.32. The summed E-state index contributed by atoms with van der Waals surface area (Å²) in [7, 11) is 0. The van der Waals surface area contributed by atoms with Gasteiger partial charge in [-0.2, -0.15) is 14.4 Å². The molecule has 0 unspecified atom stereocenters. The largest absolute Gasteiger partial charge is 1.00 e. The molecule has 0 atom stereocenters. The molecule has 0 heterocycles. The van der Waals surface area contributed by atoms with E-state index >= 15 is 0 Å². The Labute approximate surface area is 259 Å². The molecule has 0 fully saturated rings. The zero-order valence-electron chi connectivity index (χ0n) is 22.5. The van der Waals surface area contributed by atoms with Crippen molar-refractivity contribution >= 4 is 40.1 Å². The lowest BCUT2D eigenvalue weighted by atomic mass is 10.2. The molecule has 0 aromatic heterocycles. The van der Waals surface area contributed by atoms with Crippen LogP contribution in [-0.2, 0) is 0 Å². The monoisotopic (exact) mass is 643 g/mol. The highest BCUT2D eigenvalue weighted by Gasteiger charge is 2.36. The van der Waals surface area contributed by atoms with E-state index in [9.17, 15) is 0 Å². The van der Waals surface area contributed by atoms with Crippen molar-refractivity contribution in [3.05, 3.63) is 182 Å². The number of hydrogen-bond donors (Lipinski definition) is 0. The van der Waals surface area contributed by atoms with Crippen molar-refractivity contribution < 1.29 is 24.0 Å². The van der Waals surface area contributed by atoms with E-state index in [4.69, 9.17) is 0 Å². The van der Waals surface area contributed by atoms with Crippen LogP contribution in [0.2, 0.25) is 0 Å². The fraction of sp³-hybridized carbons (Fsp3) is 0. The van der Waals surface area contributed by atoms with Crippen molar-refractivity contribution in [2.24, 2.45) is 0 Å². The highest BCUT2D eigenvalue weighted by molar-refractivity contribution is 6.17. The van der Waals surface area contributed by atoms with E-state index in [2.05, 4.69) is 196 Å². The average molecular weight is 644 g/mol. The fourth-order valence-corrected chi connectivity index (χ4v) is 4.90. The van der Waals surface area contributed by atoms with E-state index in [1.165, 1.54) is 0 Å². The molecule has 0 bridgehead atoms. The number of anilines is 4. The first kappa shape index (κ1) is 27.9. The van der Waals surface area contributed by atoms with Crippen LogP contribution in [0.5, 0.6) is 0 Å². The Hall–Kier alpha value is -4.68. The topological polar surface area (TPSA) is 9.49 Å². The molecule has 0 N–H and O–H groups in total. The minimum Gasteiger partial charge on any atom is -1.00 e. The molecule has 200 valence electrons. The molecule has 0 amide bonds. The third-order valence-corrected chi connectivity index (χ3v) is 6.69. The second kappa shape index (κ2) is 13.6. The van der Waals surface area contributed by atoms with Gasteiger partial charge in [0.15, 0.2) is 0 Å². The van der Waals surface area contributed by atoms with Gasteiger partial charge >= 0.3 is 5.96 Å². The Kier molecular flexibility index (Phi) is 9.24. The molecule has 3 nitrogen and oxygen atoms in total. The summed E-state index contributed by atoms with van der Waals surface area (Å²) in [4.78, 5) is 4.67. The Morgan fingerprint density at radius 3 is 0.780 bits per heavy atom. The van der Waals surface area contributed by atoms with Crippen LogP contribution in [0.3, 0.4) is 0 Å². The van der Waals surface area contributed by atoms with Crippen molar-refractivity contribution in [3.8, 4) is 0 Å². The first-order valence-corrected chi connectivity index (χ1v) is 13.5. The molecule has 0 spiro atoms. The van der Waals surface area contributed by atoms with E-state index < -0.39 is 0 Å². The lowest BCUT2D eigenvalue weighted by Gasteiger charge is -2.30. The maximum Gasteiger partial charge on any atom is 0.380 e. The van der Waals surface area contributed by atoms with Gasteiger partial charge in [-0.25, -0.2) is 0 Å². The van der Waals surface area contributed by atoms with Gasteiger partial charge < -0.3 is 24.0 Å². The molecule has 0 aliphatic rings. The maximum absolute atomic E-state index is 2.33. The zero-order chi connectivity index (χ0) is 27.0. The van der Waals surface area contributed by atoms with E-state index in [-0.39, 0.29) is 24.0 Å². The minimum atomic E-state index is 0. The number of benzene rings is 6. The molecule has 6 rings (SSSR count). The van der Waals surface area contributed by atoms with Gasteiger partial charge in [-0.3, -0.25) is 0 Å². The summed E-state index contributed by atoms with van der Waals surface area (Å²) in [5.74, 6) is 0.951. The van der Waals surface area contributed by atoms with E-state index in [1.807, 2.05) is 0 Å². The van der Waals surface area contributed by atoms with Gasteiger partial charge in [0.05, 0.1) is 0 Å². The van der Waals surface area contributed by atoms with Crippen molar-refractivity contribution in [2.75, 3.05) is 9.80 Å². The van der Waals surface area contributed by atoms with Crippen LogP contribution in [0, 0.1) is 0 Å². The van der Waals surface area contributed by atoms with Crippen LogP contribution in [0.15, 0.2) is 182 Å². The summed E-state index contributed by atoms with van der Waals surface area (Å²) in [5, 5.41) is 0. The van der Waals surface area contributed by atoms with E-state index in [1.54, 1.807) is 0 Å². The molecule has 6 aromatic rings. The number of rotatable bonds is 6. The molecule has 0 saturated carbocycles. The van der Waals surface area contributed by atoms with Gasteiger partial charge in [0, 0.05) is 0 Å². The van der Waals surface area contributed by atoms with E-state index in [0.29, 0.717) is 0 Å².